The zero-order valence-electron chi connectivity index (χ0n) is 12.3. The summed E-state index contributed by atoms with van der Waals surface area (Å²) in [6.07, 6.45) is -5.32. The van der Waals surface area contributed by atoms with Crippen molar-refractivity contribution in [2.75, 3.05) is 0 Å². The molecule has 0 aliphatic rings. The van der Waals surface area contributed by atoms with Gasteiger partial charge in [0.25, 0.3) is 5.78 Å². The molecule has 3 rings (SSSR count). The highest BCUT2D eigenvalue weighted by Gasteiger charge is 2.43. The molecule has 0 radical (unpaired) electrons. The van der Waals surface area contributed by atoms with Crippen LogP contribution in [0.15, 0.2) is 57.7 Å². The van der Waals surface area contributed by atoms with Crippen LogP contribution >= 0.6 is 0 Å². The summed E-state index contributed by atoms with van der Waals surface area (Å²) in [5, 5.41) is 9.77. The molecule has 1 N–H and O–H groups in total. The second kappa shape index (κ2) is 5.97. The summed E-state index contributed by atoms with van der Waals surface area (Å²) in [4.78, 5) is 23.2. The molecule has 0 saturated carbocycles. The molecule has 25 heavy (non-hydrogen) atoms. The van der Waals surface area contributed by atoms with Gasteiger partial charge in [0, 0.05) is 0 Å². The van der Waals surface area contributed by atoms with Gasteiger partial charge in [-0.25, -0.2) is 4.79 Å². The number of hydrogen-bond donors (Lipinski definition) is 1. The van der Waals surface area contributed by atoms with Crippen LogP contribution in [0, 0.1) is 0 Å². The summed E-state index contributed by atoms with van der Waals surface area (Å²) in [6, 6.07) is 12.3. The average molecular weight is 350 g/mol. The largest absolute Gasteiger partial charge is 0.506 e. The molecular formula is C17H9F3O5. The molecule has 8 heteroatoms. The zero-order chi connectivity index (χ0) is 18.2. The third-order valence-electron chi connectivity index (χ3n) is 3.33. The quantitative estimate of drug-likeness (QED) is 0.570. The molecule has 128 valence electrons. The molecule has 0 atom stereocenters. The molecule has 0 saturated heterocycles. The Morgan fingerprint density at radius 2 is 1.72 bits per heavy atom. The first-order chi connectivity index (χ1) is 11.8. The first-order valence-electron chi connectivity index (χ1n) is 6.92. The van der Waals surface area contributed by atoms with Crippen molar-refractivity contribution < 1.29 is 32.2 Å². The van der Waals surface area contributed by atoms with Crippen LogP contribution in [0.2, 0.25) is 0 Å². The highest BCUT2D eigenvalue weighted by molar-refractivity contribution is 6.06. The average Bonchev–Trinajstić information content (AvgIpc) is 2.56. The van der Waals surface area contributed by atoms with Gasteiger partial charge in [0.1, 0.15) is 11.5 Å². The van der Waals surface area contributed by atoms with Crippen LogP contribution in [0.5, 0.6) is 17.2 Å². The van der Waals surface area contributed by atoms with Crippen LogP contribution < -0.4 is 10.4 Å². The van der Waals surface area contributed by atoms with E-state index in [1.54, 1.807) is 30.3 Å². The molecule has 0 spiro atoms. The molecule has 1 aromatic heterocycles. The normalized spacial score (nSPS) is 11.5. The van der Waals surface area contributed by atoms with E-state index in [1.165, 1.54) is 18.2 Å². The lowest BCUT2D eigenvalue weighted by Gasteiger charge is -2.11. The minimum atomic E-state index is -5.32. The number of fused-ring (bicyclic) bond motifs is 1. The summed E-state index contributed by atoms with van der Waals surface area (Å²) in [7, 11) is 0. The van der Waals surface area contributed by atoms with E-state index in [1.807, 2.05) is 0 Å². The van der Waals surface area contributed by atoms with Crippen LogP contribution in [0.1, 0.15) is 10.4 Å². The van der Waals surface area contributed by atoms with E-state index in [9.17, 15) is 27.9 Å². The highest BCUT2D eigenvalue weighted by atomic mass is 19.4. The first kappa shape index (κ1) is 16.6. The molecule has 3 aromatic rings. The standard InChI is InChI=1S/C17H9F3O5/c18-17(19,20)15(22)12-13(21)10-7-4-8-11(14(10)25-16(12)23)24-9-5-2-1-3-6-9/h1-8,21H. The number of ketones is 1. The number of ether oxygens (including phenoxy) is 1. The number of aromatic hydroxyl groups is 1. The van der Waals surface area contributed by atoms with Crippen molar-refractivity contribution in [1.29, 1.82) is 0 Å². The lowest BCUT2D eigenvalue weighted by atomic mass is 10.1. The second-order valence-electron chi connectivity index (χ2n) is 4.99. The van der Waals surface area contributed by atoms with Crippen molar-refractivity contribution in [3.63, 3.8) is 0 Å². The molecule has 1 heterocycles. The van der Waals surface area contributed by atoms with Crippen LogP contribution in [0.3, 0.4) is 0 Å². The van der Waals surface area contributed by atoms with Gasteiger partial charge in [0.05, 0.1) is 5.39 Å². The lowest BCUT2D eigenvalue weighted by molar-refractivity contribution is -0.0888. The summed E-state index contributed by atoms with van der Waals surface area (Å²) >= 11 is 0. The number of Topliss-reactive ketones (excluding diaryl/α,β-unsaturated/α-hetero) is 1. The van der Waals surface area contributed by atoms with E-state index in [0.29, 0.717) is 5.75 Å². The third kappa shape index (κ3) is 3.06. The third-order valence-corrected chi connectivity index (χ3v) is 3.33. The molecule has 5 nitrogen and oxygen atoms in total. The van der Waals surface area contributed by atoms with Gasteiger partial charge in [-0.2, -0.15) is 13.2 Å². The number of benzene rings is 2. The van der Waals surface area contributed by atoms with E-state index in [0.717, 1.165) is 0 Å². The Balaban J connectivity index is 2.19. The predicted molar refractivity (Wildman–Crippen MR) is 81.1 cm³/mol. The van der Waals surface area contributed by atoms with E-state index >= 15 is 0 Å². The van der Waals surface area contributed by atoms with E-state index < -0.39 is 28.9 Å². The smallest absolute Gasteiger partial charge is 0.455 e. The topological polar surface area (TPSA) is 76.7 Å². The van der Waals surface area contributed by atoms with Crippen molar-refractivity contribution in [1.82, 2.24) is 0 Å². The van der Waals surface area contributed by atoms with E-state index in [4.69, 9.17) is 9.15 Å². The Labute approximate surface area is 137 Å². The van der Waals surface area contributed by atoms with Crippen molar-refractivity contribution >= 4 is 16.8 Å². The Hall–Kier alpha value is -3.29. The van der Waals surface area contributed by atoms with Gasteiger partial charge in [0.15, 0.2) is 16.9 Å². The number of carbonyl (C=O) groups is 1. The van der Waals surface area contributed by atoms with Crippen molar-refractivity contribution in [3.05, 3.63) is 64.5 Å². The van der Waals surface area contributed by atoms with Crippen LogP contribution in [0.4, 0.5) is 13.2 Å². The summed E-state index contributed by atoms with van der Waals surface area (Å²) in [5.74, 6) is -3.20. The minimum Gasteiger partial charge on any atom is -0.506 e. The van der Waals surface area contributed by atoms with Crippen LogP contribution in [0.25, 0.3) is 11.0 Å². The highest BCUT2D eigenvalue weighted by Crippen LogP contribution is 2.36. The van der Waals surface area contributed by atoms with Gasteiger partial charge >= 0.3 is 11.8 Å². The van der Waals surface area contributed by atoms with Gasteiger partial charge in [0.2, 0.25) is 0 Å². The molecule has 0 bridgehead atoms. The Bertz CT molecular complexity index is 1010. The Kier molecular flexibility index (Phi) is 3.96. The SMILES string of the molecule is O=C(c1c(O)c2cccc(Oc3ccccc3)c2oc1=O)C(F)(F)F. The number of carbonyl (C=O) groups excluding carboxylic acids is 1. The van der Waals surface area contributed by atoms with Gasteiger partial charge in [-0.3, -0.25) is 4.79 Å². The van der Waals surface area contributed by atoms with Gasteiger partial charge < -0.3 is 14.3 Å². The monoisotopic (exact) mass is 350 g/mol. The van der Waals surface area contributed by atoms with Crippen LogP contribution in [-0.2, 0) is 0 Å². The Morgan fingerprint density at radius 1 is 1.04 bits per heavy atom. The van der Waals surface area contributed by atoms with Gasteiger partial charge in [-0.15, -0.1) is 0 Å². The fourth-order valence-corrected chi connectivity index (χ4v) is 2.22. The maximum absolute atomic E-state index is 12.6. The van der Waals surface area contributed by atoms with Gasteiger partial charge in [-0.05, 0) is 24.3 Å². The van der Waals surface area contributed by atoms with Crippen molar-refractivity contribution in [2.45, 2.75) is 6.18 Å². The van der Waals surface area contributed by atoms with Crippen molar-refractivity contribution in [3.8, 4) is 17.2 Å². The van der Waals surface area contributed by atoms with E-state index in [-0.39, 0.29) is 16.7 Å². The number of para-hydroxylation sites is 2. The second-order valence-corrected chi connectivity index (χ2v) is 4.99. The molecule has 0 aliphatic heterocycles. The maximum atomic E-state index is 12.6. The molecule has 0 amide bonds. The number of hydrogen-bond acceptors (Lipinski definition) is 5. The fourth-order valence-electron chi connectivity index (χ4n) is 2.22. The number of alkyl halides is 3. The van der Waals surface area contributed by atoms with Crippen molar-refractivity contribution in [2.24, 2.45) is 0 Å². The Morgan fingerprint density at radius 3 is 2.36 bits per heavy atom. The minimum absolute atomic E-state index is 0.00195. The summed E-state index contributed by atoms with van der Waals surface area (Å²) < 4.78 is 48.1. The summed E-state index contributed by atoms with van der Waals surface area (Å²) in [5.41, 5.74) is -3.33. The fraction of sp³-hybridized carbons (Fsp3) is 0.0588. The molecule has 0 fully saturated rings. The number of rotatable bonds is 3. The molecule has 2 aromatic carbocycles. The van der Waals surface area contributed by atoms with Crippen LogP contribution in [-0.4, -0.2) is 17.1 Å². The van der Waals surface area contributed by atoms with E-state index in [2.05, 4.69) is 0 Å². The summed E-state index contributed by atoms with van der Waals surface area (Å²) in [6.45, 7) is 0. The molecule has 0 unspecified atom stereocenters. The maximum Gasteiger partial charge on any atom is 0.455 e. The first-order valence-corrected chi connectivity index (χ1v) is 6.92. The lowest BCUT2D eigenvalue weighted by Crippen LogP contribution is -2.28. The molecule has 0 aliphatic carbocycles. The zero-order valence-corrected chi connectivity index (χ0v) is 12.3. The molecular weight excluding hydrogens is 341 g/mol. The van der Waals surface area contributed by atoms with Gasteiger partial charge in [-0.1, -0.05) is 24.3 Å². The predicted octanol–water partition coefficient (Wildman–Crippen LogP) is 4.04. The number of halogens is 3.